The number of rotatable bonds is 4. The van der Waals surface area contributed by atoms with Crippen molar-refractivity contribution < 1.29 is 4.79 Å². The summed E-state index contributed by atoms with van der Waals surface area (Å²) in [6, 6.07) is 9.63. The lowest BCUT2D eigenvalue weighted by molar-refractivity contribution is -0.115. The molecule has 0 radical (unpaired) electrons. The van der Waals surface area contributed by atoms with E-state index in [1.54, 1.807) is 0 Å². The quantitative estimate of drug-likeness (QED) is 0.490. The predicted octanol–water partition coefficient (Wildman–Crippen LogP) is 1.25. The van der Waals surface area contributed by atoms with Crippen LogP contribution in [0.2, 0.25) is 0 Å². The summed E-state index contributed by atoms with van der Waals surface area (Å²) in [6.07, 6.45) is -0.123. The number of hydrogen-bond donors (Lipinski definition) is 3. The fraction of sp³-hybridized carbons (Fsp3) is 0.118. The molecule has 0 bridgehead atoms. The number of nitrogens with one attached hydrogen (secondary N) is 3. The first-order valence-corrected chi connectivity index (χ1v) is 8.88. The van der Waals surface area contributed by atoms with E-state index in [1.165, 1.54) is 23.0 Å². The maximum atomic E-state index is 12.4. The van der Waals surface area contributed by atoms with Crippen molar-refractivity contribution in [3.63, 3.8) is 0 Å². The highest BCUT2D eigenvalue weighted by Crippen LogP contribution is 2.24. The molecule has 10 heteroatoms. The van der Waals surface area contributed by atoms with Gasteiger partial charge in [-0.25, -0.2) is 9.78 Å². The van der Waals surface area contributed by atoms with E-state index < -0.39 is 11.2 Å². The lowest BCUT2D eigenvalue weighted by atomic mass is 10.2. The van der Waals surface area contributed by atoms with Gasteiger partial charge in [0, 0.05) is 18.0 Å². The Morgan fingerprint density at radius 1 is 1.26 bits per heavy atom. The standard InChI is InChI=1S/C17H14N6O3S/c1-23-14-13(15(25)20-17(23)26)10(21-22-14)7-12(24)19-16-18-11(8-27-16)9-5-3-2-4-6-9/h2-6,8H,7H2,1H3,(H,21,22)(H,18,19,24)(H,20,25,26). The van der Waals surface area contributed by atoms with Gasteiger partial charge in [0.2, 0.25) is 5.91 Å². The Morgan fingerprint density at radius 2 is 2.04 bits per heavy atom. The summed E-state index contributed by atoms with van der Waals surface area (Å²) in [5.41, 5.74) is 1.13. The van der Waals surface area contributed by atoms with Crippen LogP contribution in [0.3, 0.4) is 0 Å². The normalized spacial score (nSPS) is 11.0. The molecule has 0 fully saturated rings. The smallest absolute Gasteiger partial charge is 0.302 e. The first-order valence-electron chi connectivity index (χ1n) is 8.00. The van der Waals surface area contributed by atoms with Crippen molar-refractivity contribution in [1.29, 1.82) is 0 Å². The van der Waals surface area contributed by atoms with Gasteiger partial charge in [-0.05, 0) is 0 Å². The van der Waals surface area contributed by atoms with Crippen molar-refractivity contribution in [2.45, 2.75) is 6.42 Å². The third-order valence-corrected chi connectivity index (χ3v) is 4.82. The Morgan fingerprint density at radius 3 is 2.81 bits per heavy atom. The summed E-state index contributed by atoms with van der Waals surface area (Å²) in [5, 5.41) is 11.9. The Hall–Kier alpha value is -3.53. The van der Waals surface area contributed by atoms with Gasteiger partial charge in [0.15, 0.2) is 5.13 Å². The second kappa shape index (κ2) is 6.65. The molecule has 0 aliphatic heterocycles. The summed E-state index contributed by atoms with van der Waals surface area (Å²) < 4.78 is 1.23. The Kier molecular flexibility index (Phi) is 4.16. The zero-order chi connectivity index (χ0) is 19.0. The van der Waals surface area contributed by atoms with Gasteiger partial charge in [-0.2, -0.15) is 5.10 Å². The molecule has 0 saturated carbocycles. The van der Waals surface area contributed by atoms with E-state index in [0.29, 0.717) is 5.13 Å². The molecule has 136 valence electrons. The van der Waals surface area contributed by atoms with Crippen LogP contribution in [0.5, 0.6) is 0 Å². The van der Waals surface area contributed by atoms with Crippen molar-refractivity contribution in [3.05, 3.63) is 62.2 Å². The molecule has 4 aromatic rings. The number of carbonyl (C=O) groups excluding carboxylic acids is 1. The molecule has 4 rings (SSSR count). The SMILES string of the molecule is Cn1c(=O)[nH]c(=O)c2c(CC(=O)Nc3nc(-c4ccccc4)cs3)n[nH]c21. The van der Waals surface area contributed by atoms with Crippen LogP contribution in [-0.2, 0) is 18.3 Å². The number of fused-ring (bicyclic) bond motifs is 1. The van der Waals surface area contributed by atoms with Crippen LogP contribution in [-0.4, -0.2) is 30.6 Å². The van der Waals surface area contributed by atoms with E-state index in [2.05, 4.69) is 25.5 Å². The average Bonchev–Trinajstić information content (AvgIpc) is 3.28. The van der Waals surface area contributed by atoms with E-state index in [-0.39, 0.29) is 29.1 Å². The van der Waals surface area contributed by atoms with E-state index >= 15 is 0 Å². The fourth-order valence-corrected chi connectivity index (χ4v) is 3.45. The second-order valence-electron chi connectivity index (χ2n) is 5.84. The first-order chi connectivity index (χ1) is 13.0. The predicted molar refractivity (Wildman–Crippen MR) is 102 cm³/mol. The number of aromatic nitrogens is 5. The molecular formula is C17H14N6O3S. The van der Waals surface area contributed by atoms with Crippen molar-refractivity contribution in [3.8, 4) is 11.3 Å². The average molecular weight is 382 g/mol. The molecule has 1 amide bonds. The van der Waals surface area contributed by atoms with Crippen LogP contribution < -0.4 is 16.6 Å². The number of aryl methyl sites for hydroxylation is 1. The van der Waals surface area contributed by atoms with Gasteiger partial charge in [0.05, 0.1) is 17.8 Å². The van der Waals surface area contributed by atoms with Gasteiger partial charge in [0.25, 0.3) is 5.56 Å². The molecule has 27 heavy (non-hydrogen) atoms. The topological polar surface area (TPSA) is 126 Å². The number of hydrogen-bond acceptors (Lipinski definition) is 6. The summed E-state index contributed by atoms with van der Waals surface area (Å²) in [6.45, 7) is 0. The van der Waals surface area contributed by atoms with Crippen LogP contribution in [0, 0.1) is 0 Å². The molecule has 1 aromatic carbocycles. The molecule has 0 atom stereocenters. The molecule has 3 N–H and O–H groups in total. The van der Waals surface area contributed by atoms with Crippen molar-refractivity contribution in [2.75, 3.05) is 5.32 Å². The van der Waals surface area contributed by atoms with E-state index in [1.807, 2.05) is 35.7 Å². The van der Waals surface area contributed by atoms with Crippen LogP contribution in [0.15, 0.2) is 45.3 Å². The maximum Gasteiger partial charge on any atom is 0.329 e. The third kappa shape index (κ3) is 3.17. The Labute approximate surface area is 155 Å². The highest BCUT2D eigenvalue weighted by atomic mass is 32.1. The van der Waals surface area contributed by atoms with E-state index in [0.717, 1.165) is 11.3 Å². The zero-order valence-corrected chi connectivity index (χ0v) is 15.0. The molecular weight excluding hydrogens is 368 g/mol. The van der Waals surface area contributed by atoms with Crippen LogP contribution in [0.4, 0.5) is 5.13 Å². The van der Waals surface area contributed by atoms with Gasteiger partial charge in [-0.3, -0.25) is 24.2 Å². The van der Waals surface area contributed by atoms with Crippen LogP contribution in [0.25, 0.3) is 22.3 Å². The number of amides is 1. The van der Waals surface area contributed by atoms with Gasteiger partial charge in [0.1, 0.15) is 11.0 Å². The van der Waals surface area contributed by atoms with Gasteiger partial charge in [-0.1, -0.05) is 30.3 Å². The zero-order valence-electron chi connectivity index (χ0n) is 14.1. The molecule has 0 aliphatic rings. The molecule has 3 heterocycles. The number of carbonyl (C=O) groups is 1. The van der Waals surface area contributed by atoms with Crippen LogP contribution >= 0.6 is 11.3 Å². The van der Waals surface area contributed by atoms with E-state index in [4.69, 9.17) is 0 Å². The van der Waals surface area contributed by atoms with Crippen molar-refractivity contribution in [2.24, 2.45) is 7.05 Å². The summed E-state index contributed by atoms with van der Waals surface area (Å²) in [5.74, 6) is -0.356. The largest absolute Gasteiger partial charge is 0.329 e. The highest BCUT2D eigenvalue weighted by molar-refractivity contribution is 7.14. The van der Waals surface area contributed by atoms with Gasteiger partial charge < -0.3 is 5.32 Å². The summed E-state index contributed by atoms with van der Waals surface area (Å²) in [7, 11) is 1.50. The summed E-state index contributed by atoms with van der Waals surface area (Å²) >= 11 is 1.31. The fourth-order valence-electron chi connectivity index (χ4n) is 2.71. The summed E-state index contributed by atoms with van der Waals surface area (Å²) in [4.78, 5) is 42.6. The lowest BCUT2D eigenvalue weighted by Crippen LogP contribution is -2.28. The number of aromatic amines is 2. The minimum Gasteiger partial charge on any atom is -0.302 e. The minimum atomic E-state index is -0.578. The number of nitrogens with zero attached hydrogens (tertiary/aromatic N) is 3. The highest BCUT2D eigenvalue weighted by Gasteiger charge is 2.17. The molecule has 3 aromatic heterocycles. The lowest BCUT2D eigenvalue weighted by Gasteiger charge is -2.01. The monoisotopic (exact) mass is 382 g/mol. The number of anilines is 1. The van der Waals surface area contributed by atoms with Gasteiger partial charge in [-0.15, -0.1) is 11.3 Å². The number of H-pyrrole nitrogens is 2. The Balaban J connectivity index is 1.55. The first kappa shape index (κ1) is 16.9. The molecule has 9 nitrogen and oxygen atoms in total. The number of benzene rings is 1. The van der Waals surface area contributed by atoms with Crippen molar-refractivity contribution in [1.82, 2.24) is 24.7 Å². The number of thiazole rings is 1. The molecule has 0 spiro atoms. The molecule has 0 unspecified atom stereocenters. The minimum absolute atomic E-state index is 0.123. The van der Waals surface area contributed by atoms with Crippen LogP contribution in [0.1, 0.15) is 5.69 Å². The van der Waals surface area contributed by atoms with E-state index in [9.17, 15) is 14.4 Å². The maximum absolute atomic E-state index is 12.4. The van der Waals surface area contributed by atoms with Crippen molar-refractivity contribution >= 4 is 33.4 Å². The molecule has 0 aliphatic carbocycles. The second-order valence-corrected chi connectivity index (χ2v) is 6.70. The third-order valence-electron chi connectivity index (χ3n) is 4.06. The van der Waals surface area contributed by atoms with Gasteiger partial charge >= 0.3 is 5.69 Å². The molecule has 0 saturated heterocycles. The Bertz CT molecular complexity index is 1250.